The Morgan fingerprint density at radius 3 is 0.925 bits per heavy atom. The van der Waals surface area contributed by atoms with E-state index in [9.17, 15) is 18.0 Å². The summed E-state index contributed by atoms with van der Waals surface area (Å²) in [5.41, 5.74) is -0.714. The maximum atomic E-state index is 12.5. The summed E-state index contributed by atoms with van der Waals surface area (Å²) in [7, 11) is -1.24. The van der Waals surface area contributed by atoms with Gasteiger partial charge < -0.3 is 9.80 Å². The minimum atomic E-state index is -2.43. The van der Waals surface area contributed by atoms with Gasteiger partial charge in [0.1, 0.15) is 0 Å². The van der Waals surface area contributed by atoms with Gasteiger partial charge in [0, 0.05) is 69.2 Å². The van der Waals surface area contributed by atoms with Gasteiger partial charge in [-0.2, -0.15) is 0 Å². The molecule has 0 aliphatic rings. The normalized spacial score (nSPS) is 17.7. The average Bonchev–Trinajstić information content (AvgIpc) is 2.68. The molecule has 0 aliphatic heterocycles. The van der Waals surface area contributed by atoms with E-state index in [1.807, 2.05) is 55.4 Å². The van der Waals surface area contributed by atoms with Crippen LogP contribution in [0.5, 0.6) is 0 Å². The van der Waals surface area contributed by atoms with Crippen molar-refractivity contribution in [3.63, 3.8) is 0 Å². The second-order valence-electron chi connectivity index (χ2n) is 15.4. The summed E-state index contributed by atoms with van der Waals surface area (Å²) in [6.07, 6.45) is 3.16. The molecule has 0 aliphatic carbocycles. The van der Waals surface area contributed by atoms with Crippen LogP contribution in [-0.2, 0) is 29.0 Å². The Morgan fingerprint density at radius 1 is 0.600 bits per heavy atom. The Morgan fingerprint density at radius 2 is 0.800 bits per heavy atom. The Labute approximate surface area is 249 Å². The van der Waals surface area contributed by atoms with Crippen LogP contribution in [0.15, 0.2) is 0 Å². The highest BCUT2D eigenvalue weighted by Crippen LogP contribution is 2.25. The van der Waals surface area contributed by atoms with Crippen molar-refractivity contribution < 1.29 is 18.0 Å². The van der Waals surface area contributed by atoms with Crippen LogP contribution < -0.4 is 0 Å². The molecule has 0 N–H and O–H groups in total. The third-order valence-corrected chi connectivity index (χ3v) is 10.7. The number of rotatable bonds is 8. The Bertz CT molecular complexity index is 969. The average molecular weight is 609 g/mol. The molecule has 3 unspecified atom stereocenters. The number of amides is 2. The Hall–Kier alpha value is -1.10. The van der Waals surface area contributed by atoms with Crippen LogP contribution in [0.2, 0.25) is 0 Å². The molecule has 40 heavy (non-hydrogen) atoms. The molecule has 0 radical (unpaired) electrons. The van der Waals surface area contributed by atoms with Gasteiger partial charge in [-0.05, 0) is 78.0 Å². The fourth-order valence-corrected chi connectivity index (χ4v) is 7.05. The number of likely N-dealkylation sites (N-methyl/N-ethyl adjacent to an activating group) is 2. The van der Waals surface area contributed by atoms with Crippen molar-refractivity contribution in [3.8, 4) is 0 Å². The van der Waals surface area contributed by atoms with Crippen molar-refractivity contribution in [1.82, 2.24) is 18.4 Å². The molecule has 0 aromatic carbocycles. The summed E-state index contributed by atoms with van der Waals surface area (Å²) < 4.78 is 28.0. The van der Waals surface area contributed by atoms with Crippen molar-refractivity contribution in [2.45, 2.75) is 120 Å². The van der Waals surface area contributed by atoms with Gasteiger partial charge >= 0.3 is 0 Å². The molecule has 0 rings (SSSR count). The lowest BCUT2D eigenvalue weighted by molar-refractivity contribution is -0.135. The van der Waals surface area contributed by atoms with Crippen molar-refractivity contribution in [1.29, 1.82) is 0 Å². The second kappa shape index (κ2) is 13.9. The van der Waals surface area contributed by atoms with Crippen molar-refractivity contribution in [2.75, 3.05) is 39.7 Å². The van der Waals surface area contributed by atoms with E-state index in [-0.39, 0.29) is 58.9 Å². The molecule has 0 saturated heterocycles. The summed E-state index contributed by atoms with van der Waals surface area (Å²) in [5.74, 6) is 7.40. The molecule has 8 nitrogen and oxygen atoms in total. The van der Waals surface area contributed by atoms with E-state index in [0.717, 1.165) is 0 Å². The van der Waals surface area contributed by atoms with Crippen LogP contribution in [0.1, 0.15) is 96.9 Å². The van der Waals surface area contributed by atoms with Crippen molar-refractivity contribution in [2.24, 2.45) is 10.8 Å². The van der Waals surface area contributed by atoms with Crippen LogP contribution >= 0.6 is 0 Å². The molecular formula is C30H64N4O4S2. The van der Waals surface area contributed by atoms with E-state index in [1.54, 1.807) is 45.0 Å². The van der Waals surface area contributed by atoms with Crippen LogP contribution in [0.25, 0.3) is 0 Å². The van der Waals surface area contributed by atoms with Gasteiger partial charge in [0.25, 0.3) is 0 Å². The summed E-state index contributed by atoms with van der Waals surface area (Å²) in [6, 6.07) is 0.212. The second-order valence-corrected chi connectivity index (χ2v) is 20.1. The molecule has 0 fully saturated rings. The first-order valence-corrected chi connectivity index (χ1v) is 18.1. The van der Waals surface area contributed by atoms with E-state index < -0.39 is 19.4 Å². The lowest BCUT2D eigenvalue weighted by Crippen LogP contribution is -2.52. The van der Waals surface area contributed by atoms with Crippen LogP contribution in [0.4, 0.5) is 0 Å². The zero-order valence-electron chi connectivity index (χ0n) is 29.2. The third kappa shape index (κ3) is 13.7. The first-order chi connectivity index (χ1) is 17.2. The minimum absolute atomic E-state index is 0.00899. The maximum Gasteiger partial charge on any atom is 0.237 e. The Kier molecular flexibility index (Phi) is 14.3. The molecule has 0 heterocycles. The predicted octanol–water partition coefficient (Wildman–Crippen LogP) is 4.48. The van der Waals surface area contributed by atoms with Crippen molar-refractivity contribution in [3.05, 3.63) is 0 Å². The molecule has 0 saturated carbocycles. The van der Waals surface area contributed by atoms with Crippen LogP contribution in [0.3, 0.4) is 0 Å². The topological polar surface area (TPSA) is 81.2 Å². The van der Waals surface area contributed by atoms with Gasteiger partial charge in [0.15, 0.2) is 0 Å². The molecule has 0 bridgehead atoms. The summed E-state index contributed by atoms with van der Waals surface area (Å²) in [6.45, 7) is 28.6. The van der Waals surface area contributed by atoms with E-state index in [2.05, 4.69) is 53.3 Å². The van der Waals surface area contributed by atoms with Gasteiger partial charge in [-0.15, -0.1) is 0 Å². The van der Waals surface area contributed by atoms with Crippen LogP contribution in [-0.4, -0.2) is 113 Å². The number of hydrogen-bond acceptors (Lipinski definition) is 4. The molecular weight excluding hydrogens is 544 g/mol. The monoisotopic (exact) mass is 608 g/mol. The number of hydrogen-bond donors (Lipinski definition) is 0. The van der Waals surface area contributed by atoms with E-state index in [0.29, 0.717) is 0 Å². The molecule has 10 heteroatoms. The molecule has 240 valence electrons. The SMILES string of the molecule is C=S(C)(=O)N(CC(=O)N(C)C(C)C(C)(C)C)C(C)(C)C.C=S(C)(=O)N(CC(=O)N(C)[C@@H](C)C(C)(C)C)C(C)(C)C. The zero-order chi connectivity index (χ0) is 33.0. The lowest BCUT2D eigenvalue weighted by atomic mass is 9.87. The largest absolute Gasteiger partial charge is 0.341 e. The molecule has 2 amide bonds. The van der Waals surface area contributed by atoms with Gasteiger partial charge in [0.05, 0.1) is 13.1 Å². The zero-order valence-corrected chi connectivity index (χ0v) is 30.9. The fourth-order valence-electron chi connectivity index (χ4n) is 3.97. The van der Waals surface area contributed by atoms with Crippen LogP contribution in [0, 0.1) is 10.8 Å². The first-order valence-electron chi connectivity index (χ1n) is 13.9. The fraction of sp³-hybridized carbons (Fsp3) is 0.867. The van der Waals surface area contributed by atoms with Gasteiger partial charge in [-0.3, -0.25) is 18.0 Å². The predicted molar refractivity (Wildman–Crippen MR) is 179 cm³/mol. The van der Waals surface area contributed by atoms with E-state index in [1.165, 1.54) is 0 Å². The quantitative estimate of drug-likeness (QED) is 0.381. The third-order valence-electron chi connectivity index (χ3n) is 7.44. The van der Waals surface area contributed by atoms with Gasteiger partial charge in [-0.25, -0.2) is 8.61 Å². The number of nitrogens with zero attached hydrogens (tertiary/aromatic N) is 4. The number of carbonyl (C=O) groups is 2. The Balaban J connectivity index is 0. The van der Waals surface area contributed by atoms with Gasteiger partial charge in [-0.1, -0.05) is 41.5 Å². The highest BCUT2D eigenvalue weighted by Gasteiger charge is 2.34. The number of carbonyl (C=O) groups excluding carboxylic acids is 2. The molecule has 0 aromatic heterocycles. The highest BCUT2D eigenvalue weighted by atomic mass is 32.2. The van der Waals surface area contributed by atoms with Gasteiger partial charge in [0.2, 0.25) is 11.8 Å². The lowest BCUT2D eigenvalue weighted by Gasteiger charge is -2.40. The summed E-state index contributed by atoms with van der Waals surface area (Å²) >= 11 is 0. The molecule has 4 atom stereocenters. The summed E-state index contributed by atoms with van der Waals surface area (Å²) in [4.78, 5) is 28.4. The highest BCUT2D eigenvalue weighted by molar-refractivity contribution is 7.97. The standard InChI is InChI=1S/2C15H32N2O2S/c2*1-12(14(2,3)4)16(8)13(18)11-17(15(5,6)7)20(9,10)19/h2*12H,9,11H2,1-8,10H3/t12-,20?;/m0./s1. The van der Waals surface area contributed by atoms with E-state index >= 15 is 0 Å². The maximum absolute atomic E-state index is 12.5. The smallest absolute Gasteiger partial charge is 0.237 e. The molecule has 0 aromatic rings. The first kappa shape index (κ1) is 41.0. The molecule has 0 spiro atoms. The summed E-state index contributed by atoms with van der Waals surface area (Å²) in [5, 5.41) is 0. The van der Waals surface area contributed by atoms with Crippen molar-refractivity contribution >= 4 is 43.0 Å². The van der Waals surface area contributed by atoms with E-state index in [4.69, 9.17) is 0 Å². The minimum Gasteiger partial charge on any atom is -0.341 e.